The molecule has 0 spiro atoms. The Morgan fingerprint density at radius 1 is 1.12 bits per heavy atom. The predicted octanol–water partition coefficient (Wildman–Crippen LogP) is 3.18. The number of anilines is 1. The third kappa shape index (κ3) is 3.07. The lowest BCUT2D eigenvalue weighted by Gasteiger charge is -2.00. The second-order valence-corrected chi connectivity index (χ2v) is 4.64. The largest absolute Gasteiger partial charge is 0.272 e. The van der Waals surface area contributed by atoms with E-state index >= 15 is 0 Å². The maximum Gasteiger partial charge on any atom is 0.272 e. The predicted molar refractivity (Wildman–Crippen MR) is 69.2 cm³/mol. The van der Waals surface area contributed by atoms with Crippen molar-refractivity contribution >= 4 is 21.7 Å². The molecule has 0 aliphatic heterocycles. The van der Waals surface area contributed by atoms with Gasteiger partial charge < -0.3 is 0 Å². The van der Waals surface area contributed by atoms with Crippen molar-refractivity contribution < 1.29 is 4.98 Å². The number of hydrogen-bond acceptors (Lipinski definition) is 1. The fourth-order valence-corrected chi connectivity index (χ4v) is 1.75. The fraction of sp³-hybridized carbons (Fsp3) is 0.154. The van der Waals surface area contributed by atoms with Gasteiger partial charge in [-0.25, -0.2) is 4.98 Å². The highest BCUT2D eigenvalue weighted by molar-refractivity contribution is 9.10. The van der Waals surface area contributed by atoms with E-state index in [-0.39, 0.29) is 0 Å². The van der Waals surface area contributed by atoms with Crippen LogP contribution in [0, 0.1) is 6.92 Å². The molecule has 2 N–H and O–H groups in total. The molecule has 0 aliphatic rings. The Kier molecular flexibility index (Phi) is 3.57. The van der Waals surface area contributed by atoms with Crippen LogP contribution in [0.3, 0.4) is 0 Å². The topological polar surface area (TPSA) is 26.2 Å². The van der Waals surface area contributed by atoms with E-state index in [2.05, 4.69) is 50.5 Å². The second kappa shape index (κ2) is 5.12. The van der Waals surface area contributed by atoms with E-state index in [9.17, 15) is 0 Å². The number of aromatic nitrogens is 1. The highest BCUT2D eigenvalue weighted by atomic mass is 79.9. The van der Waals surface area contributed by atoms with Gasteiger partial charge in [0.05, 0.1) is 5.69 Å². The normalized spacial score (nSPS) is 10.1. The van der Waals surface area contributed by atoms with Crippen LogP contribution in [0.15, 0.2) is 46.9 Å². The summed E-state index contributed by atoms with van der Waals surface area (Å²) in [7, 11) is 0. The van der Waals surface area contributed by atoms with Gasteiger partial charge in [-0.15, -0.1) is 0 Å². The van der Waals surface area contributed by atoms with Crippen LogP contribution >= 0.6 is 15.9 Å². The quantitative estimate of drug-likeness (QED) is 0.916. The standard InChI is InChI=1S/C13H13BrN2/c1-10-3-2-4-13(16-10)15-9-11-5-7-12(14)8-6-11/h2-8H,9H2,1H3,(H,15,16)/p+1. The molecule has 2 rings (SSSR count). The van der Waals surface area contributed by atoms with Crippen LogP contribution in [0.1, 0.15) is 11.3 Å². The van der Waals surface area contributed by atoms with Crippen LogP contribution in [0.4, 0.5) is 5.82 Å². The number of hydrogen-bond donors (Lipinski definition) is 1. The van der Waals surface area contributed by atoms with Gasteiger partial charge in [0.25, 0.3) is 5.82 Å². The minimum Gasteiger partial charge on any atom is -0.270 e. The van der Waals surface area contributed by atoms with Crippen molar-refractivity contribution in [3.05, 3.63) is 58.2 Å². The summed E-state index contributed by atoms with van der Waals surface area (Å²) in [5, 5.41) is 3.35. The van der Waals surface area contributed by atoms with Crippen LogP contribution in [-0.2, 0) is 6.54 Å². The molecule has 0 aliphatic carbocycles. The Morgan fingerprint density at radius 2 is 1.88 bits per heavy atom. The molecular weight excluding hydrogens is 264 g/mol. The Balaban J connectivity index is 1.99. The molecule has 2 nitrogen and oxygen atoms in total. The van der Waals surface area contributed by atoms with Crippen molar-refractivity contribution in [3.63, 3.8) is 0 Å². The Morgan fingerprint density at radius 3 is 2.56 bits per heavy atom. The van der Waals surface area contributed by atoms with Crippen LogP contribution < -0.4 is 10.3 Å². The summed E-state index contributed by atoms with van der Waals surface area (Å²) < 4.78 is 1.11. The molecule has 0 amide bonds. The molecule has 1 aromatic carbocycles. The second-order valence-electron chi connectivity index (χ2n) is 3.73. The highest BCUT2D eigenvalue weighted by Gasteiger charge is 2.01. The first-order valence-corrected chi connectivity index (χ1v) is 6.00. The van der Waals surface area contributed by atoms with Gasteiger partial charge >= 0.3 is 0 Å². The summed E-state index contributed by atoms with van der Waals surface area (Å²) in [6.45, 7) is 2.87. The van der Waals surface area contributed by atoms with E-state index in [1.165, 1.54) is 5.56 Å². The Hall–Kier alpha value is -1.35. The van der Waals surface area contributed by atoms with Gasteiger partial charge in [-0.3, -0.25) is 5.32 Å². The average molecular weight is 278 g/mol. The molecule has 0 unspecified atom stereocenters. The van der Waals surface area contributed by atoms with Crippen molar-refractivity contribution in [2.75, 3.05) is 5.32 Å². The minimum absolute atomic E-state index is 0.827. The zero-order valence-electron chi connectivity index (χ0n) is 9.13. The van der Waals surface area contributed by atoms with Gasteiger partial charge in [-0.05, 0) is 30.7 Å². The smallest absolute Gasteiger partial charge is 0.270 e. The first kappa shape index (κ1) is 11.1. The highest BCUT2D eigenvalue weighted by Crippen LogP contribution is 2.11. The molecule has 0 saturated heterocycles. The third-order valence-electron chi connectivity index (χ3n) is 2.34. The van der Waals surface area contributed by atoms with Crippen molar-refractivity contribution in [1.29, 1.82) is 0 Å². The number of aromatic amines is 1. The Bertz CT molecular complexity index is 466. The number of aryl methyl sites for hydroxylation is 1. The van der Waals surface area contributed by atoms with E-state index in [4.69, 9.17) is 0 Å². The summed E-state index contributed by atoms with van der Waals surface area (Å²) in [5.41, 5.74) is 2.42. The van der Waals surface area contributed by atoms with E-state index in [0.717, 1.165) is 22.5 Å². The SMILES string of the molecule is Cc1cccc(NCc2ccc(Br)cc2)[nH+]1. The zero-order valence-corrected chi connectivity index (χ0v) is 10.7. The number of pyridine rings is 1. The van der Waals surface area contributed by atoms with Crippen molar-refractivity contribution in [2.45, 2.75) is 13.5 Å². The first-order chi connectivity index (χ1) is 7.74. The summed E-state index contributed by atoms with van der Waals surface area (Å²) in [6.07, 6.45) is 0. The van der Waals surface area contributed by atoms with Gasteiger partial charge in [0.15, 0.2) is 0 Å². The third-order valence-corrected chi connectivity index (χ3v) is 2.87. The summed E-state index contributed by atoms with van der Waals surface area (Å²) in [6, 6.07) is 14.4. The molecule has 3 heteroatoms. The van der Waals surface area contributed by atoms with Gasteiger partial charge in [-0.2, -0.15) is 0 Å². The fourth-order valence-electron chi connectivity index (χ4n) is 1.49. The van der Waals surface area contributed by atoms with E-state index in [1.807, 2.05) is 25.1 Å². The Labute approximate surface area is 104 Å². The van der Waals surface area contributed by atoms with Crippen LogP contribution in [-0.4, -0.2) is 0 Å². The van der Waals surface area contributed by atoms with Crippen molar-refractivity contribution in [2.24, 2.45) is 0 Å². The molecule has 1 aromatic heterocycles. The van der Waals surface area contributed by atoms with Crippen molar-refractivity contribution in [3.8, 4) is 0 Å². The number of nitrogens with one attached hydrogen (secondary N) is 2. The van der Waals surface area contributed by atoms with Gasteiger partial charge in [0.2, 0.25) is 0 Å². The summed E-state index contributed by atoms with van der Waals surface area (Å²) in [4.78, 5) is 3.27. The molecule has 16 heavy (non-hydrogen) atoms. The van der Waals surface area contributed by atoms with E-state index in [0.29, 0.717) is 0 Å². The lowest BCUT2D eigenvalue weighted by atomic mass is 10.2. The van der Waals surface area contributed by atoms with Crippen molar-refractivity contribution in [1.82, 2.24) is 0 Å². The van der Waals surface area contributed by atoms with Gasteiger partial charge in [0, 0.05) is 10.5 Å². The summed E-state index contributed by atoms with van der Waals surface area (Å²) >= 11 is 3.42. The maximum absolute atomic E-state index is 3.42. The monoisotopic (exact) mass is 277 g/mol. The molecule has 0 bridgehead atoms. The van der Waals surface area contributed by atoms with Gasteiger partial charge in [-0.1, -0.05) is 34.1 Å². The minimum atomic E-state index is 0.827. The lowest BCUT2D eigenvalue weighted by Crippen LogP contribution is -2.15. The molecule has 2 aromatic rings. The van der Waals surface area contributed by atoms with E-state index < -0.39 is 0 Å². The first-order valence-electron chi connectivity index (χ1n) is 5.21. The van der Waals surface area contributed by atoms with Gasteiger partial charge in [0.1, 0.15) is 6.54 Å². The average Bonchev–Trinajstić information content (AvgIpc) is 2.28. The zero-order chi connectivity index (χ0) is 11.4. The lowest BCUT2D eigenvalue weighted by molar-refractivity contribution is -0.371. The molecule has 82 valence electrons. The number of rotatable bonds is 3. The molecule has 1 heterocycles. The molecule has 0 atom stereocenters. The summed E-state index contributed by atoms with van der Waals surface area (Å²) in [5.74, 6) is 1.04. The molecule has 0 saturated carbocycles. The van der Waals surface area contributed by atoms with Crippen LogP contribution in [0.25, 0.3) is 0 Å². The number of halogens is 1. The maximum atomic E-state index is 3.42. The molecule has 0 fully saturated rings. The molecular formula is C13H14BrN2+. The van der Waals surface area contributed by atoms with E-state index in [1.54, 1.807) is 0 Å². The van der Waals surface area contributed by atoms with Crippen LogP contribution in [0.2, 0.25) is 0 Å². The number of H-pyrrole nitrogens is 1. The van der Waals surface area contributed by atoms with Crippen LogP contribution in [0.5, 0.6) is 0 Å². The molecule has 0 radical (unpaired) electrons. The number of benzene rings is 1.